The van der Waals surface area contributed by atoms with Gasteiger partial charge in [-0.05, 0) is 105 Å². The molecule has 330 valence electrons. The third kappa shape index (κ3) is 6.15. The number of benzene rings is 11. The van der Waals surface area contributed by atoms with Gasteiger partial charge in [-0.2, -0.15) is 0 Å². The molecule has 71 heavy (non-hydrogen) atoms. The molecule has 0 aliphatic heterocycles. The quantitative estimate of drug-likeness (QED) is 0.167. The number of para-hydroxylation sites is 4. The summed E-state index contributed by atoms with van der Waals surface area (Å²) in [4.78, 5) is 16.5. The lowest BCUT2D eigenvalue weighted by molar-refractivity contribution is 1.07. The number of fused-ring (bicyclic) bond motifs is 12. The molecule has 0 radical (unpaired) electrons. The van der Waals surface area contributed by atoms with Crippen LogP contribution >= 0.6 is 11.3 Å². The average Bonchev–Trinajstić information content (AvgIpc) is 4.11. The number of nitrogens with zero attached hydrogens (tertiary/aromatic N) is 5. The van der Waals surface area contributed by atoms with Gasteiger partial charge in [0.05, 0.1) is 22.1 Å². The van der Waals surface area contributed by atoms with Crippen LogP contribution in [0.1, 0.15) is 0 Å². The van der Waals surface area contributed by atoms with Crippen molar-refractivity contribution < 1.29 is 0 Å². The molecule has 15 rings (SSSR count). The van der Waals surface area contributed by atoms with Crippen LogP contribution in [0.5, 0.6) is 0 Å². The Morgan fingerprint density at radius 2 is 0.887 bits per heavy atom. The lowest BCUT2D eigenvalue weighted by atomic mass is 9.93. The Balaban J connectivity index is 1.05. The predicted molar refractivity (Wildman–Crippen MR) is 298 cm³/mol. The van der Waals surface area contributed by atoms with Gasteiger partial charge in [0.25, 0.3) is 0 Å². The SMILES string of the molecule is c1ccc(-c2nc(-c3ccc(-n4c5ccccc5c5cc6ccccc6cc54)cc3-c3cccc4sc5ccc6ccccc6c5c34)nc(-c3cccc4c5ccccc5n(-c5ccccc5)c34)n2)cc1. The molecule has 11 aromatic carbocycles. The lowest BCUT2D eigenvalue weighted by Crippen LogP contribution is -2.03. The van der Waals surface area contributed by atoms with Crippen LogP contribution in [0.3, 0.4) is 0 Å². The molecule has 6 heteroatoms. The van der Waals surface area contributed by atoms with Crippen molar-refractivity contribution >= 4 is 96.7 Å². The van der Waals surface area contributed by atoms with Gasteiger partial charge in [-0.15, -0.1) is 11.3 Å². The molecule has 0 bridgehead atoms. The highest BCUT2D eigenvalue weighted by Gasteiger charge is 2.24. The summed E-state index contributed by atoms with van der Waals surface area (Å²) in [5.74, 6) is 1.82. The number of aromatic nitrogens is 5. The van der Waals surface area contributed by atoms with E-state index in [0.29, 0.717) is 17.5 Å². The first-order valence-electron chi connectivity index (χ1n) is 24.0. The summed E-state index contributed by atoms with van der Waals surface area (Å²) >= 11 is 1.85. The van der Waals surface area contributed by atoms with E-state index in [1.54, 1.807) is 0 Å². The molecule has 0 saturated carbocycles. The average molecular weight is 922 g/mol. The molecular weight excluding hydrogens is 883 g/mol. The van der Waals surface area contributed by atoms with Crippen LogP contribution < -0.4 is 0 Å². The van der Waals surface area contributed by atoms with Crippen LogP contribution in [-0.2, 0) is 0 Å². The topological polar surface area (TPSA) is 48.5 Å². The zero-order valence-corrected chi connectivity index (χ0v) is 39.0. The summed E-state index contributed by atoms with van der Waals surface area (Å²) in [5, 5.41) is 12.1. The molecule has 4 aromatic heterocycles. The molecule has 0 saturated heterocycles. The highest BCUT2D eigenvalue weighted by molar-refractivity contribution is 7.26. The Labute approximate surface area is 411 Å². The molecule has 0 aliphatic carbocycles. The van der Waals surface area contributed by atoms with Gasteiger partial charge in [-0.1, -0.05) is 164 Å². The van der Waals surface area contributed by atoms with E-state index in [1.807, 2.05) is 29.5 Å². The third-order valence-electron chi connectivity index (χ3n) is 14.3. The molecule has 0 N–H and O–H groups in total. The molecule has 0 aliphatic rings. The maximum Gasteiger partial charge on any atom is 0.166 e. The zero-order valence-electron chi connectivity index (χ0n) is 38.2. The van der Waals surface area contributed by atoms with Crippen molar-refractivity contribution in [3.05, 3.63) is 237 Å². The van der Waals surface area contributed by atoms with Crippen molar-refractivity contribution in [1.29, 1.82) is 0 Å². The van der Waals surface area contributed by atoms with Gasteiger partial charge >= 0.3 is 0 Å². The maximum absolute atomic E-state index is 5.61. The van der Waals surface area contributed by atoms with Crippen molar-refractivity contribution in [2.24, 2.45) is 0 Å². The van der Waals surface area contributed by atoms with Gasteiger partial charge in [-0.25, -0.2) is 15.0 Å². The third-order valence-corrected chi connectivity index (χ3v) is 15.5. The van der Waals surface area contributed by atoms with Crippen LogP contribution in [-0.4, -0.2) is 24.1 Å². The van der Waals surface area contributed by atoms with E-state index in [2.05, 4.69) is 228 Å². The van der Waals surface area contributed by atoms with Crippen LogP contribution in [0, 0.1) is 0 Å². The van der Waals surface area contributed by atoms with Gasteiger partial charge in [0.2, 0.25) is 0 Å². The molecule has 0 unspecified atom stereocenters. The van der Waals surface area contributed by atoms with Gasteiger partial charge in [0.1, 0.15) is 0 Å². The first-order chi connectivity index (χ1) is 35.2. The summed E-state index contributed by atoms with van der Waals surface area (Å²) in [7, 11) is 0. The highest BCUT2D eigenvalue weighted by atomic mass is 32.1. The second-order valence-electron chi connectivity index (χ2n) is 18.3. The molecule has 0 fully saturated rings. The van der Waals surface area contributed by atoms with Crippen molar-refractivity contribution in [2.75, 3.05) is 0 Å². The Morgan fingerprint density at radius 3 is 1.69 bits per heavy atom. The molecular formula is C65H39N5S. The van der Waals surface area contributed by atoms with Crippen LogP contribution in [0.15, 0.2) is 237 Å². The summed E-state index contributed by atoms with van der Waals surface area (Å²) in [5.41, 5.74) is 11.5. The van der Waals surface area contributed by atoms with Gasteiger partial charge in [0.15, 0.2) is 17.5 Å². The Bertz CT molecular complexity index is 4640. The first kappa shape index (κ1) is 39.7. The Hall–Kier alpha value is -9.23. The standard InChI is InChI=1S/C65H39N5S/c1-3-18-41(19-4-1)63-66-64(68-65(67-63)52-29-15-28-50-47-25-11-14-31-56(47)70(62(50)52)44-22-5-2-6-23-44)51-35-34-45(69-55-30-13-12-26-48(55)54-37-42-20-7-8-21-43(42)38-57(54)69)39-53(51)49-27-16-32-58-61(49)60-46-24-10-9-17-40(46)33-36-59(60)71-58/h1-39H. The summed E-state index contributed by atoms with van der Waals surface area (Å²) < 4.78 is 7.28. The van der Waals surface area contributed by atoms with E-state index in [0.717, 1.165) is 66.6 Å². The fourth-order valence-electron chi connectivity index (χ4n) is 11.2. The summed E-state index contributed by atoms with van der Waals surface area (Å²) in [6.45, 7) is 0. The fraction of sp³-hybridized carbons (Fsp3) is 0. The molecule has 5 nitrogen and oxygen atoms in total. The second kappa shape index (κ2) is 15.7. The molecule has 0 spiro atoms. The fourth-order valence-corrected chi connectivity index (χ4v) is 12.4. The molecule has 15 aromatic rings. The van der Waals surface area contributed by atoms with E-state index < -0.39 is 0 Å². The van der Waals surface area contributed by atoms with E-state index in [1.165, 1.54) is 57.9 Å². The monoisotopic (exact) mass is 921 g/mol. The Kier molecular flexibility index (Phi) is 8.76. The maximum atomic E-state index is 5.61. The lowest BCUT2D eigenvalue weighted by Gasteiger charge is -2.17. The van der Waals surface area contributed by atoms with Gasteiger partial charge in [0, 0.05) is 69.8 Å². The number of hydrogen-bond donors (Lipinski definition) is 0. The minimum atomic E-state index is 0.601. The number of rotatable bonds is 6. The summed E-state index contributed by atoms with van der Waals surface area (Å²) in [6, 6.07) is 85.1. The first-order valence-corrected chi connectivity index (χ1v) is 24.8. The highest BCUT2D eigenvalue weighted by Crippen LogP contribution is 2.47. The second-order valence-corrected chi connectivity index (χ2v) is 19.4. The summed E-state index contributed by atoms with van der Waals surface area (Å²) in [6.07, 6.45) is 0. The number of thiophene rings is 1. The smallest absolute Gasteiger partial charge is 0.166 e. The van der Waals surface area contributed by atoms with Crippen LogP contribution in [0.25, 0.3) is 142 Å². The van der Waals surface area contributed by atoms with Gasteiger partial charge in [-0.3, -0.25) is 0 Å². The van der Waals surface area contributed by atoms with E-state index in [-0.39, 0.29) is 0 Å². The normalized spacial score (nSPS) is 11.9. The van der Waals surface area contributed by atoms with E-state index in [4.69, 9.17) is 15.0 Å². The largest absolute Gasteiger partial charge is 0.309 e. The van der Waals surface area contributed by atoms with Crippen molar-refractivity contribution in [2.45, 2.75) is 0 Å². The molecule has 0 atom stereocenters. The molecule has 0 amide bonds. The van der Waals surface area contributed by atoms with E-state index in [9.17, 15) is 0 Å². The number of hydrogen-bond acceptors (Lipinski definition) is 4. The van der Waals surface area contributed by atoms with Gasteiger partial charge < -0.3 is 9.13 Å². The zero-order chi connectivity index (χ0) is 46.6. The minimum Gasteiger partial charge on any atom is -0.309 e. The van der Waals surface area contributed by atoms with Crippen LogP contribution in [0.4, 0.5) is 0 Å². The molecule has 4 heterocycles. The van der Waals surface area contributed by atoms with Crippen LogP contribution in [0.2, 0.25) is 0 Å². The van der Waals surface area contributed by atoms with Crippen molar-refractivity contribution in [3.63, 3.8) is 0 Å². The Morgan fingerprint density at radius 1 is 0.296 bits per heavy atom. The predicted octanol–water partition coefficient (Wildman–Crippen LogP) is 17.4. The van der Waals surface area contributed by atoms with E-state index >= 15 is 0 Å². The van der Waals surface area contributed by atoms with Crippen molar-refractivity contribution in [3.8, 4) is 56.7 Å². The minimum absolute atomic E-state index is 0.601. The van der Waals surface area contributed by atoms with Crippen molar-refractivity contribution in [1.82, 2.24) is 24.1 Å².